The molecule has 2 amide bonds. The molecule has 1 aliphatic heterocycles. The van der Waals surface area contributed by atoms with Gasteiger partial charge in [-0.1, -0.05) is 51.1 Å². The Morgan fingerprint density at radius 3 is 2.54 bits per heavy atom. The summed E-state index contributed by atoms with van der Waals surface area (Å²) in [6, 6.07) is 8.93. The third-order valence-electron chi connectivity index (χ3n) is 4.28. The van der Waals surface area contributed by atoms with Gasteiger partial charge in [0.05, 0.1) is 0 Å². The Balaban J connectivity index is 1.85. The zero-order valence-corrected chi connectivity index (χ0v) is 14.5. The number of ether oxygens (including phenoxy) is 1. The molecule has 0 radical (unpaired) electrons. The molecule has 1 fully saturated rings. The summed E-state index contributed by atoms with van der Waals surface area (Å²) in [5, 5.41) is 8.95. The Kier molecular flexibility index (Phi) is 6.61. The summed E-state index contributed by atoms with van der Waals surface area (Å²) in [6.45, 7) is 7.73. The van der Waals surface area contributed by atoms with Gasteiger partial charge in [0.15, 0.2) is 0 Å². The minimum absolute atomic E-state index is 0.0288. The van der Waals surface area contributed by atoms with Crippen LogP contribution < -0.4 is 16.0 Å². The average Bonchev–Trinajstić information content (AvgIpc) is 2.96. The summed E-state index contributed by atoms with van der Waals surface area (Å²) in [4.78, 5) is 24.5. The smallest absolute Gasteiger partial charge is 0.408 e. The molecular formula is C18H27N3O3. The lowest BCUT2D eigenvalue weighted by molar-refractivity contribution is -0.124. The summed E-state index contributed by atoms with van der Waals surface area (Å²) in [5.41, 5.74) is 0.907. The number of hydrogen-bond acceptors (Lipinski definition) is 4. The number of carbonyl (C=O) groups excluding carboxylic acids is 2. The van der Waals surface area contributed by atoms with Crippen molar-refractivity contribution in [2.45, 2.75) is 39.5 Å². The molecule has 132 valence electrons. The number of nitrogens with one attached hydrogen (secondary N) is 3. The molecule has 0 bridgehead atoms. The van der Waals surface area contributed by atoms with E-state index in [2.05, 4.69) is 22.9 Å². The maximum Gasteiger partial charge on any atom is 0.408 e. The number of alkyl carbamates (subject to hydrolysis) is 1. The zero-order valence-electron chi connectivity index (χ0n) is 14.5. The second-order valence-electron chi connectivity index (χ2n) is 6.68. The van der Waals surface area contributed by atoms with Gasteiger partial charge in [-0.2, -0.15) is 0 Å². The summed E-state index contributed by atoms with van der Waals surface area (Å²) >= 11 is 0. The van der Waals surface area contributed by atoms with E-state index in [-0.39, 0.29) is 24.5 Å². The van der Waals surface area contributed by atoms with Crippen LogP contribution in [0.15, 0.2) is 30.3 Å². The van der Waals surface area contributed by atoms with Crippen molar-refractivity contribution in [2.75, 3.05) is 13.1 Å². The molecule has 0 spiro atoms. The molecule has 3 N–H and O–H groups in total. The average molecular weight is 333 g/mol. The van der Waals surface area contributed by atoms with E-state index in [1.165, 1.54) is 0 Å². The topological polar surface area (TPSA) is 79.5 Å². The Labute approximate surface area is 143 Å². The van der Waals surface area contributed by atoms with Gasteiger partial charge in [0.2, 0.25) is 5.91 Å². The third-order valence-corrected chi connectivity index (χ3v) is 4.28. The Morgan fingerprint density at radius 2 is 1.96 bits per heavy atom. The zero-order chi connectivity index (χ0) is 17.5. The fourth-order valence-electron chi connectivity index (χ4n) is 2.70. The highest BCUT2D eigenvalue weighted by Gasteiger charge is 2.30. The Bertz CT molecular complexity index is 548. The molecule has 0 aliphatic carbocycles. The molecule has 1 heterocycles. The van der Waals surface area contributed by atoms with E-state index in [1.807, 2.05) is 44.2 Å². The standard InChI is InChI=1S/C18H27N3O3/c1-12(2)16(17(22)20-15-10-19-9-13(15)3)21-18(23)24-11-14-7-5-4-6-8-14/h4-8,12-13,15-16,19H,9-11H2,1-3H3,(H,20,22)(H,21,23). The molecular weight excluding hydrogens is 306 g/mol. The van der Waals surface area contributed by atoms with Crippen LogP contribution in [-0.4, -0.2) is 37.2 Å². The summed E-state index contributed by atoms with van der Waals surface area (Å²) in [7, 11) is 0. The fourth-order valence-corrected chi connectivity index (χ4v) is 2.70. The second-order valence-corrected chi connectivity index (χ2v) is 6.68. The maximum absolute atomic E-state index is 12.5. The minimum atomic E-state index is -0.610. The van der Waals surface area contributed by atoms with Crippen LogP contribution in [0.4, 0.5) is 4.79 Å². The molecule has 1 aromatic carbocycles. The quantitative estimate of drug-likeness (QED) is 0.740. The molecule has 3 unspecified atom stereocenters. The van der Waals surface area contributed by atoms with E-state index in [0.717, 1.165) is 18.7 Å². The first kappa shape index (κ1) is 18.3. The van der Waals surface area contributed by atoms with Gasteiger partial charge in [0.1, 0.15) is 12.6 Å². The van der Waals surface area contributed by atoms with Crippen molar-refractivity contribution >= 4 is 12.0 Å². The molecule has 3 atom stereocenters. The normalized spacial score (nSPS) is 21.3. The van der Waals surface area contributed by atoms with E-state index in [0.29, 0.717) is 5.92 Å². The minimum Gasteiger partial charge on any atom is -0.445 e. The molecule has 1 saturated heterocycles. The lowest BCUT2D eigenvalue weighted by Gasteiger charge is -2.24. The van der Waals surface area contributed by atoms with Gasteiger partial charge in [-0.25, -0.2) is 4.79 Å². The van der Waals surface area contributed by atoms with Gasteiger partial charge in [-0.3, -0.25) is 4.79 Å². The van der Waals surface area contributed by atoms with Crippen molar-refractivity contribution in [1.29, 1.82) is 0 Å². The Morgan fingerprint density at radius 1 is 1.25 bits per heavy atom. The molecule has 0 saturated carbocycles. The van der Waals surface area contributed by atoms with Crippen molar-refractivity contribution in [3.63, 3.8) is 0 Å². The SMILES string of the molecule is CC(C)C(NC(=O)OCc1ccccc1)C(=O)NC1CNCC1C. The molecule has 0 aromatic heterocycles. The highest BCUT2D eigenvalue weighted by molar-refractivity contribution is 5.86. The highest BCUT2D eigenvalue weighted by atomic mass is 16.5. The highest BCUT2D eigenvalue weighted by Crippen LogP contribution is 2.10. The molecule has 24 heavy (non-hydrogen) atoms. The maximum atomic E-state index is 12.5. The number of hydrogen-bond donors (Lipinski definition) is 3. The van der Waals surface area contributed by atoms with Crippen LogP contribution in [0.1, 0.15) is 26.3 Å². The van der Waals surface area contributed by atoms with Gasteiger partial charge in [-0.15, -0.1) is 0 Å². The van der Waals surface area contributed by atoms with Crippen molar-refractivity contribution in [3.05, 3.63) is 35.9 Å². The van der Waals surface area contributed by atoms with Crippen molar-refractivity contribution in [1.82, 2.24) is 16.0 Å². The lowest BCUT2D eigenvalue weighted by atomic mass is 10.0. The van der Waals surface area contributed by atoms with Crippen LogP contribution in [0.5, 0.6) is 0 Å². The number of carbonyl (C=O) groups is 2. The third kappa shape index (κ3) is 5.23. The molecule has 1 aromatic rings. The molecule has 6 heteroatoms. The molecule has 2 rings (SSSR count). The van der Waals surface area contributed by atoms with E-state index in [4.69, 9.17) is 4.74 Å². The van der Waals surface area contributed by atoms with E-state index >= 15 is 0 Å². The lowest BCUT2D eigenvalue weighted by Crippen LogP contribution is -2.53. The largest absolute Gasteiger partial charge is 0.445 e. The van der Waals surface area contributed by atoms with Crippen LogP contribution in [0, 0.1) is 11.8 Å². The molecule has 1 aliphatic rings. The summed E-state index contributed by atoms with van der Waals surface area (Å²) < 4.78 is 5.21. The van der Waals surface area contributed by atoms with E-state index < -0.39 is 12.1 Å². The van der Waals surface area contributed by atoms with Gasteiger partial charge < -0.3 is 20.7 Å². The van der Waals surface area contributed by atoms with Gasteiger partial charge >= 0.3 is 6.09 Å². The Hall–Kier alpha value is -2.08. The number of benzene rings is 1. The van der Waals surface area contributed by atoms with Crippen LogP contribution in [0.3, 0.4) is 0 Å². The van der Waals surface area contributed by atoms with Crippen LogP contribution in [0.2, 0.25) is 0 Å². The predicted octanol–water partition coefficient (Wildman–Crippen LogP) is 1.66. The second kappa shape index (κ2) is 8.68. The number of amides is 2. The van der Waals surface area contributed by atoms with Gasteiger partial charge in [0.25, 0.3) is 0 Å². The first-order valence-corrected chi connectivity index (χ1v) is 8.45. The fraction of sp³-hybridized carbons (Fsp3) is 0.556. The van der Waals surface area contributed by atoms with Gasteiger partial charge in [0, 0.05) is 12.6 Å². The van der Waals surface area contributed by atoms with Crippen LogP contribution in [0.25, 0.3) is 0 Å². The number of rotatable bonds is 6. The summed E-state index contributed by atoms with van der Waals surface area (Å²) in [6.07, 6.45) is -0.578. The monoisotopic (exact) mass is 333 g/mol. The summed E-state index contributed by atoms with van der Waals surface area (Å²) in [5.74, 6) is 0.188. The van der Waals surface area contributed by atoms with Crippen LogP contribution >= 0.6 is 0 Å². The first-order valence-electron chi connectivity index (χ1n) is 8.45. The van der Waals surface area contributed by atoms with Crippen molar-refractivity contribution < 1.29 is 14.3 Å². The van der Waals surface area contributed by atoms with Crippen molar-refractivity contribution in [3.8, 4) is 0 Å². The van der Waals surface area contributed by atoms with Crippen molar-refractivity contribution in [2.24, 2.45) is 11.8 Å². The van der Waals surface area contributed by atoms with E-state index in [1.54, 1.807) is 0 Å². The van der Waals surface area contributed by atoms with Crippen LogP contribution in [-0.2, 0) is 16.1 Å². The predicted molar refractivity (Wildman–Crippen MR) is 92.4 cm³/mol. The first-order chi connectivity index (χ1) is 11.5. The van der Waals surface area contributed by atoms with E-state index in [9.17, 15) is 9.59 Å². The molecule has 6 nitrogen and oxygen atoms in total. The van der Waals surface area contributed by atoms with Gasteiger partial charge in [-0.05, 0) is 23.9 Å².